The fourth-order valence-corrected chi connectivity index (χ4v) is 3.81. The topological polar surface area (TPSA) is 67.9 Å². The minimum atomic E-state index is -0.455. The number of nitrogens with one attached hydrogen (secondary N) is 1. The summed E-state index contributed by atoms with van der Waals surface area (Å²) in [6, 6.07) is 13.2. The van der Waals surface area contributed by atoms with Crippen molar-refractivity contribution in [2.45, 2.75) is 12.3 Å². The minimum Gasteiger partial charge on any atom is -0.497 e. The molecule has 2 unspecified atom stereocenters. The quantitative estimate of drug-likeness (QED) is 0.675. The van der Waals surface area contributed by atoms with Gasteiger partial charge >= 0.3 is 0 Å². The van der Waals surface area contributed by atoms with Crippen molar-refractivity contribution in [3.05, 3.63) is 65.5 Å². The first-order valence-electron chi connectivity index (χ1n) is 9.99. The lowest BCUT2D eigenvalue weighted by Gasteiger charge is -2.18. The van der Waals surface area contributed by atoms with Crippen LogP contribution in [-0.2, 0) is 9.53 Å². The van der Waals surface area contributed by atoms with Gasteiger partial charge in [-0.1, -0.05) is 18.2 Å². The molecule has 7 heteroatoms. The largest absolute Gasteiger partial charge is 0.497 e. The van der Waals surface area contributed by atoms with E-state index in [0.29, 0.717) is 43.0 Å². The number of carbonyl (C=O) groups is 2. The van der Waals surface area contributed by atoms with Crippen molar-refractivity contribution >= 4 is 11.8 Å². The molecule has 160 valence electrons. The summed E-state index contributed by atoms with van der Waals surface area (Å²) in [6.07, 6.45) is 0.700. The molecule has 1 aliphatic heterocycles. The highest BCUT2D eigenvalue weighted by Crippen LogP contribution is 2.34. The Kier molecular flexibility index (Phi) is 7.41. The molecule has 2 atom stereocenters. The van der Waals surface area contributed by atoms with E-state index < -0.39 is 5.92 Å². The lowest BCUT2D eigenvalue weighted by Crippen LogP contribution is -2.36. The lowest BCUT2D eigenvalue weighted by molar-refractivity contribution is -0.124. The number of benzene rings is 2. The standard InChI is InChI=1S/C23H27FN2O4/c1-29-11-5-10-25-22(27)21-15-26(14-20(21)16-6-3-8-18(24)12-16)23(28)17-7-4-9-19(13-17)30-2/h3-4,6-9,12-13,20-21H,5,10-11,14-15H2,1-2H3,(H,25,27). The van der Waals surface area contributed by atoms with Crippen LogP contribution in [0, 0.1) is 11.7 Å². The molecule has 1 aliphatic rings. The van der Waals surface area contributed by atoms with E-state index >= 15 is 0 Å². The third-order valence-corrected chi connectivity index (χ3v) is 5.36. The first-order valence-corrected chi connectivity index (χ1v) is 9.99. The number of likely N-dealkylation sites (tertiary alicyclic amines) is 1. The molecule has 0 aliphatic carbocycles. The predicted octanol–water partition coefficient (Wildman–Crippen LogP) is 2.84. The van der Waals surface area contributed by atoms with Crippen LogP contribution in [0.3, 0.4) is 0 Å². The van der Waals surface area contributed by atoms with Crippen LogP contribution in [-0.4, -0.2) is 57.2 Å². The van der Waals surface area contributed by atoms with Gasteiger partial charge in [0.2, 0.25) is 5.91 Å². The molecule has 30 heavy (non-hydrogen) atoms. The first-order chi connectivity index (χ1) is 14.5. The molecule has 0 radical (unpaired) electrons. The van der Waals surface area contributed by atoms with Crippen molar-refractivity contribution in [3.63, 3.8) is 0 Å². The molecule has 0 bridgehead atoms. The van der Waals surface area contributed by atoms with Gasteiger partial charge in [-0.25, -0.2) is 4.39 Å². The van der Waals surface area contributed by atoms with E-state index in [1.807, 2.05) is 0 Å². The predicted molar refractivity (Wildman–Crippen MR) is 111 cm³/mol. The Morgan fingerprint density at radius 1 is 1.13 bits per heavy atom. The van der Waals surface area contributed by atoms with Gasteiger partial charge in [0.1, 0.15) is 11.6 Å². The van der Waals surface area contributed by atoms with Crippen LogP contribution < -0.4 is 10.1 Å². The van der Waals surface area contributed by atoms with Crippen molar-refractivity contribution in [2.24, 2.45) is 5.92 Å². The van der Waals surface area contributed by atoms with Crippen LogP contribution in [0.15, 0.2) is 48.5 Å². The van der Waals surface area contributed by atoms with Crippen molar-refractivity contribution in [1.82, 2.24) is 10.2 Å². The van der Waals surface area contributed by atoms with Gasteiger partial charge in [-0.2, -0.15) is 0 Å². The van der Waals surface area contributed by atoms with E-state index in [9.17, 15) is 14.0 Å². The van der Waals surface area contributed by atoms with Gasteiger partial charge in [-0.15, -0.1) is 0 Å². The number of ether oxygens (including phenoxy) is 2. The highest BCUT2D eigenvalue weighted by molar-refractivity contribution is 5.95. The maximum absolute atomic E-state index is 13.8. The number of methoxy groups -OCH3 is 2. The molecular weight excluding hydrogens is 387 g/mol. The van der Waals surface area contributed by atoms with Gasteiger partial charge in [0.15, 0.2) is 0 Å². The molecule has 2 aromatic rings. The molecule has 2 aromatic carbocycles. The summed E-state index contributed by atoms with van der Waals surface area (Å²) in [7, 11) is 3.16. The second-order valence-corrected chi connectivity index (χ2v) is 7.35. The smallest absolute Gasteiger partial charge is 0.254 e. The van der Waals surface area contributed by atoms with Crippen LogP contribution >= 0.6 is 0 Å². The van der Waals surface area contributed by atoms with Crippen LogP contribution in [0.25, 0.3) is 0 Å². The molecule has 1 fully saturated rings. The number of nitrogens with zero attached hydrogens (tertiary/aromatic N) is 1. The summed E-state index contributed by atoms with van der Waals surface area (Å²) in [5, 5.41) is 2.92. The van der Waals surface area contributed by atoms with E-state index in [1.54, 1.807) is 55.5 Å². The zero-order chi connectivity index (χ0) is 21.5. The van der Waals surface area contributed by atoms with Gasteiger partial charge in [0, 0.05) is 44.8 Å². The summed E-state index contributed by atoms with van der Waals surface area (Å²) in [5.74, 6) is -0.814. The molecule has 1 saturated heterocycles. The third kappa shape index (κ3) is 5.16. The summed E-state index contributed by atoms with van der Waals surface area (Å²) in [6.45, 7) is 1.66. The van der Waals surface area contributed by atoms with Crippen molar-refractivity contribution < 1.29 is 23.5 Å². The molecule has 0 spiro atoms. The molecule has 1 N–H and O–H groups in total. The van der Waals surface area contributed by atoms with E-state index in [2.05, 4.69) is 5.32 Å². The third-order valence-electron chi connectivity index (χ3n) is 5.36. The van der Waals surface area contributed by atoms with Crippen molar-refractivity contribution in [3.8, 4) is 5.75 Å². The Bertz CT molecular complexity index is 889. The fourth-order valence-electron chi connectivity index (χ4n) is 3.81. The SMILES string of the molecule is COCCCNC(=O)C1CN(C(=O)c2cccc(OC)c2)CC1c1cccc(F)c1. The molecule has 2 amide bonds. The number of rotatable bonds is 8. The lowest BCUT2D eigenvalue weighted by atomic mass is 9.88. The highest BCUT2D eigenvalue weighted by atomic mass is 19.1. The normalized spacial score (nSPS) is 18.3. The Hall–Kier alpha value is -2.93. The maximum atomic E-state index is 13.8. The van der Waals surface area contributed by atoms with Gasteiger partial charge < -0.3 is 19.7 Å². The summed E-state index contributed by atoms with van der Waals surface area (Å²) < 4.78 is 24.1. The van der Waals surface area contributed by atoms with Crippen LogP contribution in [0.1, 0.15) is 28.3 Å². The van der Waals surface area contributed by atoms with Crippen LogP contribution in [0.4, 0.5) is 4.39 Å². The first kappa shape index (κ1) is 21.8. The van der Waals surface area contributed by atoms with E-state index in [-0.39, 0.29) is 30.1 Å². The number of hydrogen-bond acceptors (Lipinski definition) is 4. The second kappa shape index (κ2) is 10.2. The number of carbonyl (C=O) groups excluding carboxylic acids is 2. The summed E-state index contributed by atoms with van der Waals surface area (Å²) in [5.41, 5.74) is 1.21. The molecular formula is C23H27FN2O4. The number of hydrogen-bond donors (Lipinski definition) is 1. The summed E-state index contributed by atoms with van der Waals surface area (Å²) >= 11 is 0. The van der Waals surface area contributed by atoms with Crippen LogP contribution in [0.5, 0.6) is 5.75 Å². The van der Waals surface area contributed by atoms with Gasteiger partial charge in [-0.3, -0.25) is 9.59 Å². The van der Waals surface area contributed by atoms with Gasteiger partial charge in [-0.05, 0) is 42.3 Å². The van der Waals surface area contributed by atoms with E-state index in [4.69, 9.17) is 9.47 Å². The zero-order valence-electron chi connectivity index (χ0n) is 17.3. The Balaban J connectivity index is 1.80. The maximum Gasteiger partial charge on any atom is 0.254 e. The van der Waals surface area contributed by atoms with E-state index in [0.717, 1.165) is 0 Å². The molecule has 6 nitrogen and oxygen atoms in total. The highest BCUT2D eigenvalue weighted by Gasteiger charge is 2.40. The molecule has 0 aromatic heterocycles. The zero-order valence-corrected chi connectivity index (χ0v) is 17.3. The Labute approximate surface area is 176 Å². The van der Waals surface area contributed by atoms with Crippen molar-refractivity contribution in [1.29, 1.82) is 0 Å². The number of halogens is 1. The molecule has 0 saturated carbocycles. The van der Waals surface area contributed by atoms with Gasteiger partial charge in [0.05, 0.1) is 13.0 Å². The Morgan fingerprint density at radius 2 is 1.93 bits per heavy atom. The van der Waals surface area contributed by atoms with Crippen molar-refractivity contribution in [2.75, 3.05) is 40.5 Å². The van der Waals surface area contributed by atoms with Gasteiger partial charge in [0.25, 0.3) is 5.91 Å². The average Bonchev–Trinajstić information content (AvgIpc) is 3.22. The minimum absolute atomic E-state index is 0.138. The number of amides is 2. The van der Waals surface area contributed by atoms with Crippen LogP contribution in [0.2, 0.25) is 0 Å². The average molecular weight is 414 g/mol. The molecule has 1 heterocycles. The summed E-state index contributed by atoms with van der Waals surface area (Å²) in [4.78, 5) is 27.6. The van der Waals surface area contributed by atoms with E-state index in [1.165, 1.54) is 12.1 Å². The Morgan fingerprint density at radius 3 is 2.67 bits per heavy atom. The fraction of sp³-hybridized carbons (Fsp3) is 0.391. The molecule has 3 rings (SSSR count). The second-order valence-electron chi connectivity index (χ2n) is 7.35. The monoisotopic (exact) mass is 414 g/mol.